The molecule has 2 amide bonds. The molecule has 2 rings (SSSR count). The zero-order chi connectivity index (χ0) is 20.0. The van der Waals surface area contributed by atoms with E-state index < -0.39 is 30.4 Å². The number of alkyl halides is 3. The summed E-state index contributed by atoms with van der Waals surface area (Å²) < 4.78 is 51.5. The quantitative estimate of drug-likeness (QED) is 0.694. The third-order valence-corrected chi connectivity index (χ3v) is 4.61. The first kappa shape index (κ1) is 21.2. The van der Waals surface area contributed by atoms with Gasteiger partial charge in [-0.15, -0.1) is 0 Å². The Bertz CT molecular complexity index is 646. The van der Waals surface area contributed by atoms with Gasteiger partial charge in [0, 0.05) is 25.2 Å². The molecule has 1 saturated heterocycles. The largest absolute Gasteiger partial charge is 0.406 e. The molecule has 0 aliphatic carbocycles. The number of carbonyl (C=O) groups excluding carboxylic acids is 2. The van der Waals surface area contributed by atoms with E-state index in [1.165, 1.54) is 29.2 Å². The predicted molar refractivity (Wildman–Crippen MR) is 92.6 cm³/mol. The highest BCUT2D eigenvalue weighted by molar-refractivity contribution is 5.94. The maximum Gasteiger partial charge on any atom is 0.406 e. The molecule has 27 heavy (non-hydrogen) atoms. The van der Waals surface area contributed by atoms with Crippen molar-refractivity contribution in [2.45, 2.75) is 38.8 Å². The van der Waals surface area contributed by atoms with Gasteiger partial charge in [-0.2, -0.15) is 13.2 Å². The smallest absolute Gasteiger partial charge is 0.338 e. The van der Waals surface area contributed by atoms with Gasteiger partial charge >= 0.3 is 6.18 Å². The van der Waals surface area contributed by atoms with Crippen LogP contribution in [0.1, 0.15) is 43.0 Å². The normalized spacial score (nSPS) is 17.7. The average Bonchev–Trinajstić information content (AvgIpc) is 2.64. The predicted octanol–water partition coefficient (Wildman–Crippen LogP) is 3.87. The molecule has 4 nitrogen and oxygen atoms in total. The summed E-state index contributed by atoms with van der Waals surface area (Å²) in [6.07, 6.45) is -2.29. The van der Waals surface area contributed by atoms with Crippen LogP contribution in [0.3, 0.4) is 0 Å². The van der Waals surface area contributed by atoms with Crippen LogP contribution in [0.25, 0.3) is 0 Å². The van der Waals surface area contributed by atoms with Crippen LogP contribution < -0.4 is 0 Å². The van der Waals surface area contributed by atoms with E-state index in [4.69, 9.17) is 0 Å². The Morgan fingerprint density at radius 1 is 1.22 bits per heavy atom. The second-order valence-electron chi connectivity index (χ2n) is 6.83. The van der Waals surface area contributed by atoms with Crippen LogP contribution in [-0.2, 0) is 4.79 Å². The second-order valence-corrected chi connectivity index (χ2v) is 6.83. The SMILES string of the molecule is CCCCN(CC(F)(F)F)C(=O)C1CCCN(C(=O)c2ccc(F)cc2)C1. The monoisotopic (exact) mass is 388 g/mol. The number of piperidine rings is 1. The molecule has 0 radical (unpaired) electrons. The molecule has 0 bridgehead atoms. The Hall–Kier alpha value is -2.12. The maximum absolute atomic E-state index is 13.0. The van der Waals surface area contributed by atoms with Crippen molar-refractivity contribution in [3.63, 3.8) is 0 Å². The summed E-state index contributed by atoms with van der Waals surface area (Å²) in [5.41, 5.74) is 0.294. The van der Waals surface area contributed by atoms with Gasteiger partial charge in [0.1, 0.15) is 12.4 Å². The van der Waals surface area contributed by atoms with E-state index >= 15 is 0 Å². The topological polar surface area (TPSA) is 40.6 Å². The number of unbranched alkanes of at least 4 members (excludes halogenated alkanes) is 1. The van der Waals surface area contributed by atoms with E-state index in [9.17, 15) is 27.2 Å². The minimum Gasteiger partial charge on any atom is -0.338 e. The number of carbonyl (C=O) groups is 2. The molecule has 1 unspecified atom stereocenters. The molecule has 1 aromatic carbocycles. The molecular weight excluding hydrogens is 364 g/mol. The van der Waals surface area contributed by atoms with Crippen LogP contribution in [0.5, 0.6) is 0 Å². The van der Waals surface area contributed by atoms with E-state index in [0.29, 0.717) is 37.8 Å². The fourth-order valence-corrected chi connectivity index (χ4v) is 3.23. The van der Waals surface area contributed by atoms with Crippen molar-refractivity contribution in [1.29, 1.82) is 0 Å². The number of hydrogen-bond acceptors (Lipinski definition) is 2. The summed E-state index contributed by atoms with van der Waals surface area (Å²) >= 11 is 0. The van der Waals surface area contributed by atoms with Gasteiger partial charge in [0.15, 0.2) is 0 Å². The Labute approximate surface area is 156 Å². The van der Waals surface area contributed by atoms with E-state index in [2.05, 4.69) is 0 Å². The molecule has 1 aliphatic rings. The summed E-state index contributed by atoms with van der Waals surface area (Å²) in [7, 11) is 0. The fourth-order valence-electron chi connectivity index (χ4n) is 3.23. The van der Waals surface area contributed by atoms with E-state index in [0.717, 1.165) is 4.90 Å². The first-order valence-electron chi connectivity index (χ1n) is 9.11. The van der Waals surface area contributed by atoms with Crippen LogP contribution in [0.15, 0.2) is 24.3 Å². The van der Waals surface area contributed by atoms with Gasteiger partial charge in [-0.3, -0.25) is 9.59 Å². The van der Waals surface area contributed by atoms with Crippen molar-refractivity contribution >= 4 is 11.8 Å². The van der Waals surface area contributed by atoms with Crippen LogP contribution >= 0.6 is 0 Å². The Morgan fingerprint density at radius 2 is 1.89 bits per heavy atom. The van der Waals surface area contributed by atoms with Crippen LogP contribution in [0.2, 0.25) is 0 Å². The standard InChI is InChI=1S/C19H24F4N2O2/c1-2-3-10-25(13-19(21,22)23)18(27)15-5-4-11-24(12-15)17(26)14-6-8-16(20)9-7-14/h6-9,15H,2-5,10-13H2,1H3. The molecular formula is C19H24F4N2O2. The second kappa shape index (κ2) is 9.19. The zero-order valence-electron chi connectivity index (χ0n) is 15.3. The lowest BCUT2D eigenvalue weighted by Crippen LogP contribution is -2.49. The lowest BCUT2D eigenvalue weighted by atomic mass is 9.95. The molecule has 0 aromatic heterocycles. The van der Waals surface area contributed by atoms with E-state index in [1.54, 1.807) is 0 Å². The van der Waals surface area contributed by atoms with E-state index in [1.807, 2.05) is 6.92 Å². The minimum atomic E-state index is -4.46. The van der Waals surface area contributed by atoms with Crippen molar-refractivity contribution in [2.75, 3.05) is 26.2 Å². The van der Waals surface area contributed by atoms with Crippen molar-refractivity contribution in [3.8, 4) is 0 Å². The molecule has 8 heteroatoms. The van der Waals surface area contributed by atoms with Gasteiger partial charge in [-0.1, -0.05) is 13.3 Å². The number of hydrogen-bond donors (Lipinski definition) is 0. The van der Waals surface area contributed by atoms with Gasteiger partial charge in [0.05, 0.1) is 5.92 Å². The van der Waals surface area contributed by atoms with Gasteiger partial charge in [0.2, 0.25) is 5.91 Å². The molecule has 0 N–H and O–H groups in total. The summed E-state index contributed by atoms with van der Waals surface area (Å²) in [4.78, 5) is 27.5. The Morgan fingerprint density at radius 3 is 2.48 bits per heavy atom. The molecule has 1 aliphatic heterocycles. The molecule has 1 heterocycles. The molecule has 150 valence electrons. The van der Waals surface area contributed by atoms with Crippen LogP contribution in [-0.4, -0.2) is 54.0 Å². The number of rotatable bonds is 6. The lowest BCUT2D eigenvalue weighted by Gasteiger charge is -2.35. The minimum absolute atomic E-state index is 0.0528. The maximum atomic E-state index is 13.0. The van der Waals surface area contributed by atoms with Crippen molar-refractivity contribution < 1.29 is 27.2 Å². The highest BCUT2D eigenvalue weighted by Crippen LogP contribution is 2.24. The summed E-state index contributed by atoms with van der Waals surface area (Å²) in [5.74, 6) is -2.01. The number of benzene rings is 1. The fraction of sp³-hybridized carbons (Fsp3) is 0.579. The van der Waals surface area contributed by atoms with Crippen LogP contribution in [0.4, 0.5) is 17.6 Å². The van der Waals surface area contributed by atoms with Gasteiger partial charge in [0.25, 0.3) is 5.91 Å². The van der Waals surface area contributed by atoms with Crippen LogP contribution in [0, 0.1) is 11.7 Å². The van der Waals surface area contributed by atoms with Gasteiger partial charge in [-0.25, -0.2) is 4.39 Å². The van der Waals surface area contributed by atoms with E-state index in [-0.39, 0.29) is 19.0 Å². The molecule has 1 fully saturated rings. The summed E-state index contributed by atoms with van der Waals surface area (Å²) in [5, 5.41) is 0. The summed E-state index contributed by atoms with van der Waals surface area (Å²) in [6.45, 7) is 1.13. The molecule has 1 atom stereocenters. The third-order valence-electron chi connectivity index (χ3n) is 4.61. The van der Waals surface area contributed by atoms with Crippen molar-refractivity contribution in [2.24, 2.45) is 5.92 Å². The molecule has 0 spiro atoms. The number of amides is 2. The average molecular weight is 388 g/mol. The molecule has 0 saturated carbocycles. The van der Waals surface area contributed by atoms with Gasteiger partial charge in [-0.05, 0) is 43.5 Å². The van der Waals surface area contributed by atoms with Gasteiger partial charge < -0.3 is 9.80 Å². The zero-order valence-corrected chi connectivity index (χ0v) is 15.3. The first-order valence-corrected chi connectivity index (χ1v) is 9.11. The third kappa shape index (κ3) is 6.22. The number of nitrogens with zero attached hydrogens (tertiary/aromatic N) is 2. The summed E-state index contributed by atoms with van der Waals surface area (Å²) in [6, 6.07) is 5.08. The number of likely N-dealkylation sites (tertiary alicyclic amines) is 1. The molecule has 1 aromatic rings. The Balaban J connectivity index is 2.06. The first-order chi connectivity index (χ1) is 12.7. The van der Waals surface area contributed by atoms with Crippen molar-refractivity contribution in [3.05, 3.63) is 35.6 Å². The highest BCUT2D eigenvalue weighted by Gasteiger charge is 2.37. The lowest BCUT2D eigenvalue weighted by molar-refractivity contribution is -0.164. The Kier molecular flexibility index (Phi) is 7.21. The number of halogens is 4. The highest BCUT2D eigenvalue weighted by atomic mass is 19.4. The van der Waals surface area contributed by atoms with Crippen molar-refractivity contribution in [1.82, 2.24) is 9.80 Å².